The molecule has 0 aliphatic rings. The van der Waals surface area contributed by atoms with E-state index in [1.165, 1.54) is 6.92 Å². The van der Waals surface area contributed by atoms with Gasteiger partial charge in [-0.15, -0.1) is 0 Å². The van der Waals surface area contributed by atoms with Crippen LogP contribution in [0.4, 0.5) is 0 Å². The highest BCUT2D eigenvalue weighted by molar-refractivity contribution is 5.98. The molecular weight excluding hydrogens is 274 g/mol. The van der Waals surface area contributed by atoms with Crippen LogP contribution in [0.15, 0.2) is 24.3 Å². The second-order valence-electron chi connectivity index (χ2n) is 4.87. The number of Topliss-reactive ketones (excluding diaryl/α,β-unsaturated/α-hetero) is 1. The summed E-state index contributed by atoms with van der Waals surface area (Å²) in [5.74, 6) is -3.12. The minimum atomic E-state index is -1.15. The highest BCUT2D eigenvalue weighted by Gasteiger charge is 2.37. The summed E-state index contributed by atoms with van der Waals surface area (Å²) in [6.45, 7) is 4.40. The Morgan fingerprint density at radius 3 is 2.29 bits per heavy atom. The zero-order valence-electron chi connectivity index (χ0n) is 12.4. The average molecular weight is 293 g/mol. The molecule has 6 nitrogen and oxygen atoms in total. The van der Waals surface area contributed by atoms with Gasteiger partial charge < -0.3 is 4.74 Å². The lowest BCUT2D eigenvalue weighted by molar-refractivity contribution is -0.484. The Morgan fingerprint density at radius 1 is 1.29 bits per heavy atom. The van der Waals surface area contributed by atoms with Gasteiger partial charge in [0.15, 0.2) is 0 Å². The van der Waals surface area contributed by atoms with E-state index in [0.29, 0.717) is 5.56 Å². The number of hydrogen-bond acceptors (Lipinski definition) is 5. The Hall–Kier alpha value is -2.24. The largest absolute Gasteiger partial charge is 0.465 e. The van der Waals surface area contributed by atoms with E-state index >= 15 is 0 Å². The maximum absolute atomic E-state index is 12.0. The molecule has 2 atom stereocenters. The number of carbonyl (C=O) groups is 2. The second kappa shape index (κ2) is 7.52. The van der Waals surface area contributed by atoms with Gasteiger partial charge in [0, 0.05) is 4.92 Å². The number of ketones is 1. The molecule has 0 N–H and O–H groups in total. The lowest BCUT2D eigenvalue weighted by Gasteiger charge is -2.21. The number of esters is 1. The summed E-state index contributed by atoms with van der Waals surface area (Å²) in [5.41, 5.74) is 1.58. The van der Waals surface area contributed by atoms with Crippen LogP contribution in [0.3, 0.4) is 0 Å². The summed E-state index contributed by atoms with van der Waals surface area (Å²) in [6.07, 6.45) is 0. The molecule has 0 aromatic heterocycles. The molecule has 0 saturated carbocycles. The molecule has 6 heteroatoms. The predicted molar refractivity (Wildman–Crippen MR) is 76.6 cm³/mol. The van der Waals surface area contributed by atoms with Crippen LogP contribution < -0.4 is 0 Å². The zero-order valence-corrected chi connectivity index (χ0v) is 12.4. The molecule has 1 aromatic rings. The summed E-state index contributed by atoms with van der Waals surface area (Å²) >= 11 is 0. The zero-order chi connectivity index (χ0) is 16.0. The van der Waals surface area contributed by atoms with Crippen molar-refractivity contribution in [2.45, 2.75) is 26.7 Å². The van der Waals surface area contributed by atoms with Crippen LogP contribution in [-0.2, 0) is 14.3 Å². The van der Waals surface area contributed by atoms with Gasteiger partial charge in [-0.05, 0) is 26.3 Å². The summed E-state index contributed by atoms with van der Waals surface area (Å²) < 4.78 is 4.89. The molecule has 0 heterocycles. The van der Waals surface area contributed by atoms with Crippen molar-refractivity contribution >= 4 is 11.8 Å². The van der Waals surface area contributed by atoms with Crippen molar-refractivity contribution in [2.24, 2.45) is 5.92 Å². The van der Waals surface area contributed by atoms with Crippen LogP contribution in [0.25, 0.3) is 0 Å². The Balaban J connectivity index is 3.19. The summed E-state index contributed by atoms with van der Waals surface area (Å²) in [5, 5.41) is 10.9. The molecule has 1 aromatic carbocycles. The van der Waals surface area contributed by atoms with E-state index in [2.05, 4.69) is 0 Å². The highest BCUT2D eigenvalue weighted by atomic mass is 16.6. The number of nitro groups is 1. The van der Waals surface area contributed by atoms with Crippen molar-refractivity contribution < 1.29 is 19.2 Å². The van der Waals surface area contributed by atoms with Crippen molar-refractivity contribution in [2.75, 3.05) is 13.2 Å². The minimum absolute atomic E-state index is 0.127. The topological polar surface area (TPSA) is 86.5 Å². The molecule has 114 valence electrons. The van der Waals surface area contributed by atoms with Gasteiger partial charge >= 0.3 is 5.97 Å². The first-order valence-electron chi connectivity index (χ1n) is 6.72. The fourth-order valence-corrected chi connectivity index (χ4v) is 2.22. The van der Waals surface area contributed by atoms with Crippen LogP contribution in [0.5, 0.6) is 0 Å². The van der Waals surface area contributed by atoms with E-state index < -0.39 is 35.1 Å². The molecule has 21 heavy (non-hydrogen) atoms. The van der Waals surface area contributed by atoms with Gasteiger partial charge in [-0.3, -0.25) is 19.7 Å². The van der Waals surface area contributed by atoms with Crippen LogP contribution in [-0.4, -0.2) is 29.8 Å². The molecule has 0 spiro atoms. The van der Waals surface area contributed by atoms with Gasteiger partial charge in [0.2, 0.25) is 6.54 Å². The molecule has 0 radical (unpaired) electrons. The molecule has 0 bridgehead atoms. The van der Waals surface area contributed by atoms with Gasteiger partial charge in [-0.1, -0.05) is 29.8 Å². The Kier molecular flexibility index (Phi) is 6.02. The Labute approximate surface area is 123 Å². The molecule has 0 fully saturated rings. The first-order valence-corrected chi connectivity index (χ1v) is 6.72. The standard InChI is InChI=1S/C15H19NO5/c1-4-21-15(18)14(11(3)17)13(9-16(19)20)12-7-5-10(2)6-8-12/h5-8,13-14H,4,9H2,1-3H3. The van der Waals surface area contributed by atoms with E-state index in [1.807, 2.05) is 6.92 Å². The first-order chi connectivity index (χ1) is 9.86. The van der Waals surface area contributed by atoms with Crippen molar-refractivity contribution in [1.29, 1.82) is 0 Å². The number of rotatable bonds is 7. The highest BCUT2D eigenvalue weighted by Crippen LogP contribution is 2.27. The van der Waals surface area contributed by atoms with E-state index in [4.69, 9.17) is 4.74 Å². The lowest BCUT2D eigenvalue weighted by atomic mass is 9.83. The number of ether oxygens (including phenoxy) is 1. The van der Waals surface area contributed by atoms with Crippen molar-refractivity contribution in [3.05, 3.63) is 45.5 Å². The maximum Gasteiger partial charge on any atom is 0.317 e. The number of nitrogens with zero attached hydrogens (tertiary/aromatic N) is 1. The Bertz CT molecular complexity index is 523. The third-order valence-electron chi connectivity index (χ3n) is 3.23. The van der Waals surface area contributed by atoms with E-state index in [-0.39, 0.29) is 6.61 Å². The number of carbonyl (C=O) groups excluding carboxylic acids is 2. The molecule has 0 saturated heterocycles. The maximum atomic E-state index is 12.0. The summed E-state index contributed by atoms with van der Waals surface area (Å²) in [7, 11) is 0. The minimum Gasteiger partial charge on any atom is -0.465 e. The molecule has 1 rings (SSSR count). The molecule has 0 aliphatic heterocycles. The van der Waals surface area contributed by atoms with Crippen LogP contribution in [0, 0.1) is 23.0 Å². The van der Waals surface area contributed by atoms with E-state index in [0.717, 1.165) is 5.56 Å². The quantitative estimate of drug-likeness (QED) is 0.332. The van der Waals surface area contributed by atoms with Gasteiger partial charge in [0.05, 0.1) is 12.5 Å². The van der Waals surface area contributed by atoms with Crippen molar-refractivity contribution in [1.82, 2.24) is 0 Å². The van der Waals surface area contributed by atoms with Crippen molar-refractivity contribution in [3.8, 4) is 0 Å². The fourth-order valence-electron chi connectivity index (χ4n) is 2.22. The first kappa shape index (κ1) is 16.8. The number of benzene rings is 1. The van der Waals surface area contributed by atoms with Gasteiger partial charge in [-0.2, -0.15) is 0 Å². The van der Waals surface area contributed by atoms with Gasteiger partial charge in [-0.25, -0.2) is 0 Å². The summed E-state index contributed by atoms with van der Waals surface area (Å²) in [4.78, 5) is 34.2. The smallest absolute Gasteiger partial charge is 0.317 e. The SMILES string of the molecule is CCOC(=O)C(C(C)=O)C(C[N+](=O)[O-])c1ccc(C)cc1. The fraction of sp³-hybridized carbons (Fsp3) is 0.467. The van der Waals surface area contributed by atoms with Crippen LogP contribution in [0.2, 0.25) is 0 Å². The third-order valence-corrected chi connectivity index (χ3v) is 3.23. The number of aryl methyl sites for hydroxylation is 1. The molecule has 2 unspecified atom stereocenters. The van der Waals surface area contributed by atoms with Gasteiger partial charge in [0.25, 0.3) is 0 Å². The monoisotopic (exact) mass is 293 g/mol. The molecular formula is C15H19NO5. The average Bonchev–Trinajstić information content (AvgIpc) is 2.38. The normalized spacial score (nSPS) is 13.3. The molecule has 0 aliphatic carbocycles. The van der Waals surface area contributed by atoms with E-state index in [1.54, 1.807) is 31.2 Å². The number of hydrogen-bond donors (Lipinski definition) is 0. The summed E-state index contributed by atoms with van der Waals surface area (Å²) in [6, 6.07) is 7.01. The van der Waals surface area contributed by atoms with Crippen molar-refractivity contribution in [3.63, 3.8) is 0 Å². The van der Waals surface area contributed by atoms with E-state index in [9.17, 15) is 19.7 Å². The molecule has 0 amide bonds. The predicted octanol–water partition coefficient (Wildman–Crippen LogP) is 2.12. The third kappa shape index (κ3) is 4.66. The van der Waals surface area contributed by atoms with Crippen LogP contribution >= 0.6 is 0 Å². The Morgan fingerprint density at radius 2 is 1.86 bits per heavy atom. The second-order valence-corrected chi connectivity index (χ2v) is 4.87. The lowest BCUT2D eigenvalue weighted by Crippen LogP contribution is -2.34. The van der Waals surface area contributed by atoms with Crippen LogP contribution in [0.1, 0.15) is 30.9 Å². The van der Waals surface area contributed by atoms with Gasteiger partial charge in [0.1, 0.15) is 11.7 Å².